The van der Waals surface area contributed by atoms with E-state index in [0.29, 0.717) is 56.5 Å². The van der Waals surface area contributed by atoms with Crippen molar-refractivity contribution in [3.8, 4) is 0 Å². The maximum atomic E-state index is 13.3. The van der Waals surface area contributed by atoms with Crippen molar-refractivity contribution in [2.45, 2.75) is 31.9 Å². The second-order valence-electron chi connectivity index (χ2n) is 9.16. The first-order valence-electron chi connectivity index (χ1n) is 11.9. The van der Waals surface area contributed by atoms with Crippen molar-refractivity contribution in [1.82, 2.24) is 15.1 Å². The molecule has 0 saturated carbocycles. The third-order valence-corrected chi connectivity index (χ3v) is 7.89. The largest absolute Gasteiger partial charge is 0.416 e. The molecule has 188 valence electrons. The molecule has 2 aromatic rings. The molecule has 8 nitrogen and oxygen atoms in total. The van der Waals surface area contributed by atoms with Gasteiger partial charge in [-0.3, -0.25) is 14.5 Å². The number of rotatable bonds is 4. The highest BCUT2D eigenvalue weighted by molar-refractivity contribution is 7.19. The molecule has 1 atom stereocenters. The van der Waals surface area contributed by atoms with Gasteiger partial charge in [0.15, 0.2) is 0 Å². The Balaban J connectivity index is 1.18. The van der Waals surface area contributed by atoms with Crippen LogP contribution in [-0.2, 0) is 15.8 Å². The van der Waals surface area contributed by atoms with Crippen molar-refractivity contribution in [1.29, 1.82) is 0 Å². The smallest absolute Gasteiger partial charge is 0.368 e. The van der Waals surface area contributed by atoms with Gasteiger partial charge in [-0.2, -0.15) is 13.2 Å². The molecule has 0 radical (unpaired) electrons. The topological polar surface area (TPSA) is 72.9 Å². The van der Waals surface area contributed by atoms with E-state index in [0.717, 1.165) is 37.0 Å². The number of carbonyl (C=O) groups is 2. The fraction of sp³-hybridized carbons (Fsp3) is 0.565. The first kappa shape index (κ1) is 23.8. The van der Waals surface area contributed by atoms with E-state index in [2.05, 4.69) is 15.1 Å². The molecule has 3 aliphatic heterocycles. The van der Waals surface area contributed by atoms with Crippen LogP contribution in [0.5, 0.6) is 0 Å². The number of piperazine rings is 1. The van der Waals surface area contributed by atoms with Crippen molar-refractivity contribution >= 4 is 39.1 Å². The highest BCUT2D eigenvalue weighted by Gasteiger charge is 2.34. The lowest BCUT2D eigenvalue weighted by Crippen LogP contribution is -2.52. The van der Waals surface area contributed by atoms with Crippen LogP contribution in [0.15, 0.2) is 24.3 Å². The van der Waals surface area contributed by atoms with E-state index < -0.39 is 11.7 Å². The summed E-state index contributed by atoms with van der Waals surface area (Å²) in [6.07, 6.45) is -1.36. The third kappa shape index (κ3) is 5.07. The van der Waals surface area contributed by atoms with Crippen LogP contribution in [0.4, 0.5) is 29.1 Å². The number of benzene rings is 1. The van der Waals surface area contributed by atoms with Gasteiger partial charge in [-0.1, -0.05) is 17.4 Å². The average Bonchev–Trinajstić information content (AvgIpc) is 3.52. The molecule has 35 heavy (non-hydrogen) atoms. The number of anilines is 3. The Hall–Kier alpha value is -2.89. The Kier molecular flexibility index (Phi) is 6.56. The second-order valence-corrected chi connectivity index (χ2v) is 10.1. The molecule has 1 unspecified atom stereocenters. The molecule has 1 aromatic carbocycles. The number of aromatic nitrogens is 2. The molecule has 4 heterocycles. The minimum absolute atomic E-state index is 0.0728. The predicted molar refractivity (Wildman–Crippen MR) is 127 cm³/mol. The molecule has 3 fully saturated rings. The summed E-state index contributed by atoms with van der Waals surface area (Å²) in [4.78, 5) is 32.7. The fourth-order valence-corrected chi connectivity index (χ4v) is 5.89. The zero-order valence-corrected chi connectivity index (χ0v) is 20.0. The molecule has 5 rings (SSSR count). The number of halogens is 3. The van der Waals surface area contributed by atoms with E-state index >= 15 is 0 Å². The first-order chi connectivity index (χ1) is 16.8. The molecule has 3 saturated heterocycles. The van der Waals surface area contributed by atoms with Gasteiger partial charge in [-0.15, -0.1) is 10.2 Å². The molecule has 0 N–H and O–H groups in total. The van der Waals surface area contributed by atoms with E-state index in [1.165, 1.54) is 23.5 Å². The van der Waals surface area contributed by atoms with Gasteiger partial charge in [-0.05, 0) is 37.5 Å². The van der Waals surface area contributed by atoms with E-state index in [1.807, 2.05) is 9.80 Å². The Morgan fingerprint density at radius 1 is 0.971 bits per heavy atom. The van der Waals surface area contributed by atoms with E-state index in [4.69, 9.17) is 0 Å². The van der Waals surface area contributed by atoms with Crippen LogP contribution in [-0.4, -0.2) is 72.7 Å². The van der Waals surface area contributed by atoms with Gasteiger partial charge in [0.2, 0.25) is 22.1 Å². The van der Waals surface area contributed by atoms with Crippen LogP contribution < -0.4 is 14.7 Å². The summed E-state index contributed by atoms with van der Waals surface area (Å²) >= 11 is 1.39. The van der Waals surface area contributed by atoms with Crippen LogP contribution in [0.2, 0.25) is 0 Å². The van der Waals surface area contributed by atoms with Crippen molar-refractivity contribution in [2.75, 3.05) is 60.5 Å². The number of amides is 2. The Bertz CT molecular complexity index is 1090. The van der Waals surface area contributed by atoms with Crippen molar-refractivity contribution in [2.24, 2.45) is 5.92 Å². The SMILES string of the molecule is O=C(C1CCCN(c2nnc(N3CCCC3=O)s2)C1)N1CCN(c2cccc(C(F)(F)F)c2)CC1. The van der Waals surface area contributed by atoms with Crippen LogP contribution in [0.3, 0.4) is 0 Å². The van der Waals surface area contributed by atoms with Gasteiger partial charge in [-0.25, -0.2) is 0 Å². The lowest BCUT2D eigenvalue weighted by atomic mass is 9.96. The molecule has 0 spiro atoms. The zero-order chi connectivity index (χ0) is 24.6. The first-order valence-corrected chi connectivity index (χ1v) is 12.7. The summed E-state index contributed by atoms with van der Waals surface area (Å²) in [6, 6.07) is 5.34. The minimum atomic E-state index is -4.38. The van der Waals surface area contributed by atoms with Crippen LogP contribution >= 0.6 is 11.3 Å². The highest BCUT2D eigenvalue weighted by Crippen LogP contribution is 2.34. The third-order valence-electron chi connectivity index (χ3n) is 6.88. The van der Waals surface area contributed by atoms with Gasteiger partial charge in [0.25, 0.3) is 0 Å². The van der Waals surface area contributed by atoms with Gasteiger partial charge in [0.05, 0.1) is 11.5 Å². The molecule has 1 aromatic heterocycles. The lowest BCUT2D eigenvalue weighted by Gasteiger charge is -2.39. The molecular formula is C23H27F3N6O2S. The number of hydrogen-bond acceptors (Lipinski definition) is 7. The Labute approximate surface area is 205 Å². The standard InChI is InChI=1S/C23H27F3N6O2S/c24-23(25,26)17-5-1-6-18(14-17)29-10-12-30(13-11-29)20(34)16-4-2-8-31(15-16)21-27-28-22(35-21)32-9-3-7-19(32)33/h1,5-6,14,16H,2-4,7-13,15H2. The molecule has 2 amide bonds. The molecule has 3 aliphatic rings. The summed E-state index contributed by atoms with van der Waals surface area (Å²) in [5.41, 5.74) is -0.135. The fourth-order valence-electron chi connectivity index (χ4n) is 4.97. The highest BCUT2D eigenvalue weighted by atomic mass is 32.1. The van der Waals surface area contributed by atoms with Gasteiger partial charge in [0.1, 0.15) is 0 Å². The summed E-state index contributed by atoms with van der Waals surface area (Å²) in [5.74, 6) is -0.00819. The molecule has 0 aliphatic carbocycles. The van der Waals surface area contributed by atoms with E-state index in [-0.39, 0.29) is 17.7 Å². The van der Waals surface area contributed by atoms with E-state index in [1.54, 1.807) is 11.0 Å². The van der Waals surface area contributed by atoms with Gasteiger partial charge in [0, 0.05) is 57.9 Å². The Morgan fingerprint density at radius 2 is 1.74 bits per heavy atom. The minimum Gasteiger partial charge on any atom is -0.368 e. The second kappa shape index (κ2) is 9.63. The zero-order valence-electron chi connectivity index (χ0n) is 19.2. The number of alkyl halides is 3. The lowest BCUT2D eigenvalue weighted by molar-refractivity contribution is -0.137. The summed E-state index contributed by atoms with van der Waals surface area (Å²) < 4.78 is 39.2. The van der Waals surface area contributed by atoms with Crippen LogP contribution in [0, 0.1) is 5.92 Å². The summed E-state index contributed by atoms with van der Waals surface area (Å²) in [7, 11) is 0. The van der Waals surface area contributed by atoms with Gasteiger partial charge < -0.3 is 14.7 Å². The van der Waals surface area contributed by atoms with Crippen molar-refractivity contribution in [3.05, 3.63) is 29.8 Å². The normalized spacial score (nSPS) is 21.7. The van der Waals surface area contributed by atoms with Crippen molar-refractivity contribution in [3.63, 3.8) is 0 Å². The molecule has 0 bridgehead atoms. The number of piperidine rings is 1. The quantitative estimate of drug-likeness (QED) is 0.632. The summed E-state index contributed by atoms with van der Waals surface area (Å²) in [6.45, 7) is 3.95. The number of hydrogen-bond donors (Lipinski definition) is 0. The Morgan fingerprint density at radius 3 is 2.46 bits per heavy atom. The van der Waals surface area contributed by atoms with Crippen LogP contribution in [0.25, 0.3) is 0 Å². The monoisotopic (exact) mass is 508 g/mol. The van der Waals surface area contributed by atoms with E-state index in [9.17, 15) is 22.8 Å². The number of carbonyl (C=O) groups excluding carboxylic acids is 2. The maximum Gasteiger partial charge on any atom is 0.416 e. The molecular weight excluding hydrogens is 481 g/mol. The van der Waals surface area contributed by atoms with Gasteiger partial charge >= 0.3 is 6.18 Å². The average molecular weight is 509 g/mol. The van der Waals surface area contributed by atoms with Crippen LogP contribution in [0.1, 0.15) is 31.2 Å². The summed E-state index contributed by atoms with van der Waals surface area (Å²) in [5, 5.41) is 9.83. The maximum absolute atomic E-state index is 13.3. The van der Waals surface area contributed by atoms with Crippen molar-refractivity contribution < 1.29 is 22.8 Å². The number of nitrogens with zero attached hydrogens (tertiary/aromatic N) is 6. The predicted octanol–water partition coefficient (Wildman–Crippen LogP) is 3.25. The molecule has 12 heteroatoms.